The average molecular weight is 165 g/mol. The summed E-state index contributed by atoms with van der Waals surface area (Å²) < 4.78 is 0. The molecule has 0 atom stereocenters. The smallest absolute Gasteiger partial charge is 0.0340 e. The van der Waals surface area contributed by atoms with Crippen LogP contribution in [0.1, 0.15) is 25.0 Å². The molecule has 0 aromatic heterocycles. The number of anilines is 1. The molecule has 1 N–H and O–H groups in total. The second-order valence-corrected chi connectivity index (χ2v) is 2.55. The number of benzene rings is 1. The van der Waals surface area contributed by atoms with Crippen LogP contribution in [-0.4, -0.2) is 7.05 Å². The van der Waals surface area contributed by atoms with Gasteiger partial charge in [-0.15, -0.1) is 0 Å². The molecule has 0 aliphatic carbocycles. The Labute approximate surface area is 75.8 Å². The lowest BCUT2D eigenvalue weighted by atomic mass is 10.1. The summed E-state index contributed by atoms with van der Waals surface area (Å²) >= 11 is 0. The highest BCUT2D eigenvalue weighted by molar-refractivity contribution is 5.47. The Bertz CT molecular complexity index is 228. The van der Waals surface area contributed by atoms with Crippen LogP contribution in [0.15, 0.2) is 18.2 Å². The molecule has 0 saturated heterocycles. The Balaban J connectivity index is 0.000000561. The highest BCUT2D eigenvalue weighted by Gasteiger charge is 1.91. The van der Waals surface area contributed by atoms with Crippen LogP contribution < -0.4 is 5.32 Å². The first kappa shape index (κ1) is 11.0. The van der Waals surface area contributed by atoms with Gasteiger partial charge in [-0.3, -0.25) is 0 Å². The van der Waals surface area contributed by atoms with E-state index in [2.05, 4.69) is 37.4 Å². The van der Waals surface area contributed by atoms with Gasteiger partial charge >= 0.3 is 0 Å². The number of hydrogen-bond acceptors (Lipinski definition) is 1. The van der Waals surface area contributed by atoms with Gasteiger partial charge in [-0.25, -0.2) is 0 Å². The summed E-state index contributed by atoms with van der Waals surface area (Å²) in [6, 6.07) is 6.36. The van der Waals surface area contributed by atoms with Gasteiger partial charge in [0.05, 0.1) is 0 Å². The molecule has 0 spiro atoms. The quantitative estimate of drug-likeness (QED) is 0.672. The molecular weight excluding hydrogens is 146 g/mol. The Morgan fingerprint density at radius 1 is 1.00 bits per heavy atom. The molecule has 0 heterocycles. The van der Waals surface area contributed by atoms with Crippen LogP contribution in [0.5, 0.6) is 0 Å². The second-order valence-electron chi connectivity index (χ2n) is 2.55. The zero-order valence-electron chi connectivity index (χ0n) is 8.73. The number of rotatable bonds is 1. The number of hydrogen-bond donors (Lipinski definition) is 1. The van der Waals surface area contributed by atoms with Crippen LogP contribution >= 0.6 is 0 Å². The minimum Gasteiger partial charge on any atom is -0.388 e. The van der Waals surface area contributed by atoms with E-state index in [4.69, 9.17) is 0 Å². The third-order valence-corrected chi connectivity index (χ3v) is 1.80. The van der Waals surface area contributed by atoms with Crippen molar-refractivity contribution in [1.29, 1.82) is 0 Å². The lowest BCUT2D eigenvalue weighted by Crippen LogP contribution is -1.89. The summed E-state index contributed by atoms with van der Waals surface area (Å²) in [4.78, 5) is 0. The zero-order valence-corrected chi connectivity index (χ0v) is 8.73. The predicted octanol–water partition coefficient (Wildman–Crippen LogP) is 3.37. The molecule has 0 amide bonds. The van der Waals surface area contributed by atoms with E-state index in [1.807, 2.05) is 20.9 Å². The van der Waals surface area contributed by atoms with Crippen molar-refractivity contribution in [3.05, 3.63) is 29.3 Å². The minimum atomic E-state index is 1.18. The van der Waals surface area contributed by atoms with Gasteiger partial charge in [-0.1, -0.05) is 19.9 Å². The van der Waals surface area contributed by atoms with Crippen molar-refractivity contribution in [2.75, 3.05) is 12.4 Å². The Hall–Kier alpha value is -0.980. The molecule has 0 fully saturated rings. The van der Waals surface area contributed by atoms with Crippen LogP contribution in [0.2, 0.25) is 0 Å². The molecule has 1 aromatic carbocycles. The molecule has 1 nitrogen and oxygen atoms in total. The fourth-order valence-corrected chi connectivity index (χ4v) is 0.897. The first-order valence-corrected chi connectivity index (χ1v) is 4.49. The van der Waals surface area contributed by atoms with Crippen LogP contribution in [0.4, 0.5) is 5.69 Å². The molecule has 68 valence electrons. The normalized spacial score (nSPS) is 8.42. The Kier molecular flexibility index (Phi) is 5.18. The highest BCUT2D eigenvalue weighted by atomic mass is 14.8. The molecule has 1 heteroatoms. The van der Waals surface area contributed by atoms with Crippen LogP contribution in [-0.2, 0) is 0 Å². The third-order valence-electron chi connectivity index (χ3n) is 1.80. The summed E-state index contributed by atoms with van der Waals surface area (Å²) in [6.45, 7) is 8.24. The maximum atomic E-state index is 3.10. The minimum absolute atomic E-state index is 1.18. The van der Waals surface area contributed by atoms with Crippen LogP contribution in [0.3, 0.4) is 0 Å². The van der Waals surface area contributed by atoms with E-state index >= 15 is 0 Å². The molecule has 1 rings (SSSR count). The van der Waals surface area contributed by atoms with Gasteiger partial charge in [-0.2, -0.15) is 0 Å². The highest BCUT2D eigenvalue weighted by Crippen LogP contribution is 2.12. The average Bonchev–Trinajstić information content (AvgIpc) is 2.13. The van der Waals surface area contributed by atoms with Crippen LogP contribution in [0, 0.1) is 13.8 Å². The van der Waals surface area contributed by atoms with Gasteiger partial charge in [0.15, 0.2) is 0 Å². The Morgan fingerprint density at radius 2 is 1.58 bits per heavy atom. The van der Waals surface area contributed by atoms with Gasteiger partial charge in [0.2, 0.25) is 0 Å². The molecule has 0 radical (unpaired) electrons. The SMILES string of the molecule is CC.CNc1ccc(C)c(C)c1. The monoisotopic (exact) mass is 165 g/mol. The van der Waals surface area contributed by atoms with Gasteiger partial charge < -0.3 is 5.32 Å². The molecule has 0 bridgehead atoms. The number of aryl methyl sites for hydroxylation is 2. The summed E-state index contributed by atoms with van der Waals surface area (Å²) in [5.41, 5.74) is 3.87. The lowest BCUT2D eigenvalue weighted by Gasteiger charge is -2.02. The van der Waals surface area contributed by atoms with Gasteiger partial charge in [0.1, 0.15) is 0 Å². The zero-order chi connectivity index (χ0) is 9.56. The van der Waals surface area contributed by atoms with Crippen LogP contribution in [0.25, 0.3) is 0 Å². The van der Waals surface area contributed by atoms with Crippen molar-refractivity contribution in [2.45, 2.75) is 27.7 Å². The topological polar surface area (TPSA) is 12.0 Å². The van der Waals surface area contributed by atoms with Gasteiger partial charge in [-0.05, 0) is 37.1 Å². The van der Waals surface area contributed by atoms with E-state index in [1.54, 1.807) is 0 Å². The maximum absolute atomic E-state index is 3.10. The molecule has 0 aliphatic rings. The van der Waals surface area contributed by atoms with Crippen molar-refractivity contribution in [3.8, 4) is 0 Å². The van der Waals surface area contributed by atoms with Gasteiger partial charge in [0.25, 0.3) is 0 Å². The molecule has 1 aromatic rings. The molecular formula is C11H19N. The first-order valence-electron chi connectivity index (χ1n) is 4.49. The lowest BCUT2D eigenvalue weighted by molar-refractivity contribution is 1.33. The number of nitrogens with one attached hydrogen (secondary N) is 1. The molecule has 12 heavy (non-hydrogen) atoms. The fraction of sp³-hybridized carbons (Fsp3) is 0.455. The first-order chi connectivity index (χ1) is 5.74. The standard InChI is InChI=1S/C9H13N.C2H6/c1-7-4-5-9(10-3)6-8(7)2;1-2/h4-6,10H,1-3H3;1-2H3. The third kappa shape index (κ3) is 2.95. The van der Waals surface area contributed by atoms with E-state index in [1.165, 1.54) is 16.8 Å². The summed E-state index contributed by atoms with van der Waals surface area (Å²) in [6.07, 6.45) is 0. The maximum Gasteiger partial charge on any atom is 0.0340 e. The van der Waals surface area contributed by atoms with E-state index < -0.39 is 0 Å². The summed E-state index contributed by atoms with van der Waals surface area (Å²) in [7, 11) is 1.93. The summed E-state index contributed by atoms with van der Waals surface area (Å²) in [5.74, 6) is 0. The van der Waals surface area contributed by atoms with Crippen molar-refractivity contribution >= 4 is 5.69 Å². The summed E-state index contributed by atoms with van der Waals surface area (Å²) in [5, 5.41) is 3.10. The largest absolute Gasteiger partial charge is 0.388 e. The van der Waals surface area contributed by atoms with Crippen molar-refractivity contribution in [3.63, 3.8) is 0 Å². The second kappa shape index (κ2) is 5.64. The predicted molar refractivity (Wildman–Crippen MR) is 56.8 cm³/mol. The van der Waals surface area contributed by atoms with Crippen molar-refractivity contribution in [2.24, 2.45) is 0 Å². The van der Waals surface area contributed by atoms with Gasteiger partial charge in [0, 0.05) is 12.7 Å². The van der Waals surface area contributed by atoms with E-state index in [0.717, 1.165) is 0 Å². The van der Waals surface area contributed by atoms with Crippen molar-refractivity contribution in [1.82, 2.24) is 0 Å². The van der Waals surface area contributed by atoms with E-state index in [9.17, 15) is 0 Å². The molecule has 0 aliphatic heterocycles. The van der Waals surface area contributed by atoms with E-state index in [-0.39, 0.29) is 0 Å². The molecule has 0 saturated carbocycles. The Morgan fingerprint density at radius 3 is 2.00 bits per heavy atom. The van der Waals surface area contributed by atoms with Crippen molar-refractivity contribution < 1.29 is 0 Å². The van der Waals surface area contributed by atoms with E-state index in [0.29, 0.717) is 0 Å². The molecule has 0 unspecified atom stereocenters. The fourth-order valence-electron chi connectivity index (χ4n) is 0.897.